The maximum atomic E-state index is 11.4. The predicted molar refractivity (Wildman–Crippen MR) is 78.6 cm³/mol. The number of methoxy groups -OCH3 is 1. The molecule has 0 aliphatic rings. The van der Waals surface area contributed by atoms with Crippen LogP contribution in [0.3, 0.4) is 0 Å². The van der Waals surface area contributed by atoms with Crippen molar-refractivity contribution in [2.75, 3.05) is 13.7 Å². The fourth-order valence-electron chi connectivity index (χ4n) is 1.46. The Balaban J connectivity index is 4.23. The predicted octanol–water partition coefficient (Wildman–Crippen LogP) is 3.17. The Morgan fingerprint density at radius 1 is 1.21 bits per heavy atom. The molecule has 0 radical (unpaired) electrons. The van der Waals surface area contributed by atoms with Crippen LogP contribution in [-0.4, -0.2) is 33.8 Å². The Kier molecular flexibility index (Phi) is 6.93. The normalized spacial score (nSPS) is 14.1. The van der Waals surface area contributed by atoms with E-state index in [1.54, 1.807) is 0 Å². The zero-order valence-electron chi connectivity index (χ0n) is 13.3. The summed E-state index contributed by atoms with van der Waals surface area (Å²) >= 11 is 0. The van der Waals surface area contributed by atoms with Gasteiger partial charge in [0.25, 0.3) is 0 Å². The SMILES string of the molecule is COC(=O)C(CCCO[Si](C)(C)C(C)(C)C)C(C)=O. The van der Waals surface area contributed by atoms with Gasteiger partial charge in [-0.15, -0.1) is 0 Å². The van der Waals surface area contributed by atoms with Crippen LogP contribution in [0.5, 0.6) is 0 Å². The van der Waals surface area contributed by atoms with Gasteiger partial charge >= 0.3 is 5.97 Å². The first kappa shape index (κ1) is 18.3. The van der Waals surface area contributed by atoms with Crippen molar-refractivity contribution in [3.05, 3.63) is 0 Å². The molecule has 1 atom stereocenters. The Morgan fingerprint density at radius 3 is 2.11 bits per heavy atom. The summed E-state index contributed by atoms with van der Waals surface area (Å²) in [5.41, 5.74) is 0. The van der Waals surface area contributed by atoms with Crippen LogP contribution in [0, 0.1) is 5.92 Å². The fraction of sp³-hybridized carbons (Fsp3) is 0.857. The Morgan fingerprint density at radius 2 is 1.74 bits per heavy atom. The highest BCUT2D eigenvalue weighted by Crippen LogP contribution is 2.36. The number of carbonyl (C=O) groups is 2. The van der Waals surface area contributed by atoms with Crippen LogP contribution in [0.2, 0.25) is 18.1 Å². The molecule has 4 nitrogen and oxygen atoms in total. The average molecular weight is 288 g/mol. The third-order valence-electron chi connectivity index (χ3n) is 3.88. The summed E-state index contributed by atoms with van der Waals surface area (Å²) in [5, 5.41) is 0.176. The van der Waals surface area contributed by atoms with Crippen LogP contribution >= 0.6 is 0 Å². The van der Waals surface area contributed by atoms with E-state index in [4.69, 9.17) is 4.43 Å². The maximum Gasteiger partial charge on any atom is 0.316 e. The van der Waals surface area contributed by atoms with Gasteiger partial charge in [0.05, 0.1) is 7.11 Å². The van der Waals surface area contributed by atoms with Gasteiger partial charge in [0.1, 0.15) is 11.7 Å². The number of ether oxygens (including phenoxy) is 1. The molecule has 0 saturated heterocycles. The van der Waals surface area contributed by atoms with Crippen LogP contribution in [0.1, 0.15) is 40.5 Å². The number of esters is 1. The molecule has 0 aromatic rings. The number of carbonyl (C=O) groups excluding carboxylic acids is 2. The summed E-state index contributed by atoms with van der Waals surface area (Å²) in [5.74, 6) is -1.23. The topological polar surface area (TPSA) is 52.6 Å². The van der Waals surface area contributed by atoms with Gasteiger partial charge in [0.2, 0.25) is 0 Å². The first-order chi connectivity index (χ1) is 8.53. The Labute approximate surface area is 118 Å². The summed E-state index contributed by atoms with van der Waals surface area (Å²) in [6.07, 6.45) is 1.20. The summed E-state index contributed by atoms with van der Waals surface area (Å²) in [4.78, 5) is 22.8. The van der Waals surface area contributed by atoms with E-state index < -0.39 is 20.2 Å². The van der Waals surface area contributed by atoms with Crippen LogP contribution in [0.4, 0.5) is 0 Å². The van der Waals surface area contributed by atoms with Gasteiger partial charge in [0.15, 0.2) is 8.32 Å². The van der Waals surface area contributed by atoms with Gasteiger partial charge in [-0.25, -0.2) is 0 Å². The number of Topliss-reactive ketones (excluding diaryl/α,β-unsaturated/α-hetero) is 1. The zero-order valence-corrected chi connectivity index (χ0v) is 14.3. The first-order valence-electron chi connectivity index (χ1n) is 6.75. The molecule has 5 heteroatoms. The van der Waals surface area contributed by atoms with E-state index in [9.17, 15) is 9.59 Å². The van der Waals surface area contributed by atoms with Gasteiger partial charge in [0, 0.05) is 6.61 Å². The number of hydrogen-bond acceptors (Lipinski definition) is 4. The fourth-order valence-corrected chi connectivity index (χ4v) is 2.55. The second-order valence-corrected chi connectivity index (χ2v) is 11.2. The minimum absolute atomic E-state index is 0.140. The van der Waals surface area contributed by atoms with Crippen LogP contribution in [0.25, 0.3) is 0 Å². The maximum absolute atomic E-state index is 11.4. The minimum Gasteiger partial charge on any atom is -0.468 e. The van der Waals surface area contributed by atoms with Crippen molar-refractivity contribution in [1.82, 2.24) is 0 Å². The molecular formula is C14H28O4Si. The van der Waals surface area contributed by atoms with Crippen molar-refractivity contribution >= 4 is 20.1 Å². The molecule has 0 aromatic heterocycles. The van der Waals surface area contributed by atoms with E-state index >= 15 is 0 Å². The summed E-state index contributed by atoms with van der Waals surface area (Å²) in [7, 11) is -0.431. The van der Waals surface area contributed by atoms with Gasteiger partial charge < -0.3 is 9.16 Å². The summed E-state index contributed by atoms with van der Waals surface area (Å²) in [6, 6.07) is 0. The van der Waals surface area contributed by atoms with Gasteiger partial charge in [-0.05, 0) is 37.9 Å². The molecule has 0 saturated carbocycles. The number of rotatable bonds is 7. The van der Waals surface area contributed by atoms with Gasteiger partial charge in [-0.3, -0.25) is 9.59 Å². The molecule has 0 aliphatic carbocycles. The van der Waals surface area contributed by atoms with Crippen molar-refractivity contribution in [3.63, 3.8) is 0 Å². The molecule has 1 unspecified atom stereocenters. The van der Waals surface area contributed by atoms with Crippen molar-refractivity contribution in [3.8, 4) is 0 Å². The molecule has 0 N–H and O–H groups in total. The molecule has 0 rings (SSSR count). The number of ketones is 1. The molecule has 0 amide bonds. The van der Waals surface area contributed by atoms with E-state index in [1.807, 2.05) is 0 Å². The van der Waals surface area contributed by atoms with E-state index in [-0.39, 0.29) is 10.8 Å². The lowest BCUT2D eigenvalue weighted by molar-refractivity contribution is -0.149. The van der Waals surface area contributed by atoms with E-state index in [2.05, 4.69) is 38.6 Å². The lowest BCUT2D eigenvalue weighted by Crippen LogP contribution is -2.41. The zero-order chi connectivity index (χ0) is 15.3. The lowest BCUT2D eigenvalue weighted by Gasteiger charge is -2.36. The smallest absolute Gasteiger partial charge is 0.316 e. The highest BCUT2D eigenvalue weighted by atomic mass is 28.4. The highest BCUT2D eigenvalue weighted by Gasteiger charge is 2.37. The van der Waals surface area contributed by atoms with E-state index in [1.165, 1.54) is 14.0 Å². The first-order valence-corrected chi connectivity index (χ1v) is 9.66. The van der Waals surface area contributed by atoms with Gasteiger partial charge in [-0.2, -0.15) is 0 Å². The van der Waals surface area contributed by atoms with E-state index in [0.29, 0.717) is 19.4 Å². The third kappa shape index (κ3) is 5.87. The lowest BCUT2D eigenvalue weighted by atomic mass is 10.00. The van der Waals surface area contributed by atoms with Crippen LogP contribution in [-0.2, 0) is 18.8 Å². The van der Waals surface area contributed by atoms with Crippen molar-refractivity contribution in [2.24, 2.45) is 5.92 Å². The monoisotopic (exact) mass is 288 g/mol. The third-order valence-corrected chi connectivity index (χ3v) is 8.42. The minimum atomic E-state index is -1.74. The van der Waals surface area contributed by atoms with Crippen molar-refractivity contribution < 1.29 is 18.8 Å². The molecule has 0 spiro atoms. The average Bonchev–Trinajstić information content (AvgIpc) is 2.25. The standard InChI is InChI=1S/C14H28O4Si/c1-11(15)12(13(16)17-5)9-8-10-18-19(6,7)14(2,3)4/h12H,8-10H2,1-7H3. The summed E-state index contributed by atoms with van der Waals surface area (Å²) < 4.78 is 10.6. The molecule has 0 aromatic carbocycles. The second-order valence-electron chi connectivity index (χ2n) is 6.44. The molecule has 0 fully saturated rings. The second kappa shape index (κ2) is 7.19. The quantitative estimate of drug-likeness (QED) is 0.312. The van der Waals surface area contributed by atoms with Gasteiger partial charge in [-0.1, -0.05) is 20.8 Å². The Hall–Kier alpha value is -0.683. The molecule has 112 valence electrons. The van der Waals surface area contributed by atoms with Crippen molar-refractivity contribution in [1.29, 1.82) is 0 Å². The molecule has 0 bridgehead atoms. The largest absolute Gasteiger partial charge is 0.468 e. The Bertz CT molecular complexity index is 318. The molecule has 19 heavy (non-hydrogen) atoms. The van der Waals surface area contributed by atoms with Crippen molar-refractivity contribution in [2.45, 2.75) is 58.7 Å². The molecular weight excluding hydrogens is 260 g/mol. The van der Waals surface area contributed by atoms with E-state index in [0.717, 1.165) is 0 Å². The molecule has 0 aliphatic heterocycles. The number of hydrogen-bond donors (Lipinski definition) is 0. The van der Waals surface area contributed by atoms with Crippen LogP contribution < -0.4 is 0 Å². The highest BCUT2D eigenvalue weighted by molar-refractivity contribution is 6.74. The van der Waals surface area contributed by atoms with Crippen LogP contribution in [0.15, 0.2) is 0 Å². The molecule has 0 heterocycles. The summed E-state index contributed by atoms with van der Waals surface area (Å²) in [6.45, 7) is 13.0.